The Balaban J connectivity index is 1.69. The first-order valence-corrected chi connectivity index (χ1v) is 8.31. The molecule has 3 rings (SSSR count). The molecule has 0 spiro atoms. The average molecular weight is 345 g/mol. The van der Waals surface area contributed by atoms with Crippen molar-refractivity contribution in [1.82, 2.24) is 20.0 Å². The first-order chi connectivity index (χ1) is 11.9. The number of hydrogen-bond acceptors (Lipinski definition) is 7. The normalized spacial score (nSPS) is 20.6. The van der Waals surface area contributed by atoms with Crippen LogP contribution in [0.3, 0.4) is 0 Å². The molecule has 1 amide bonds. The predicted molar refractivity (Wildman–Crippen MR) is 91.4 cm³/mol. The van der Waals surface area contributed by atoms with Gasteiger partial charge in [0, 0.05) is 38.0 Å². The van der Waals surface area contributed by atoms with Crippen LogP contribution >= 0.6 is 0 Å². The Morgan fingerprint density at radius 1 is 1.36 bits per heavy atom. The van der Waals surface area contributed by atoms with Crippen molar-refractivity contribution in [3.05, 3.63) is 35.6 Å². The van der Waals surface area contributed by atoms with Gasteiger partial charge in [0.15, 0.2) is 0 Å². The Hall–Kier alpha value is -2.48. The zero-order valence-electron chi connectivity index (χ0n) is 14.8. The van der Waals surface area contributed by atoms with Crippen molar-refractivity contribution in [2.45, 2.75) is 32.3 Å². The summed E-state index contributed by atoms with van der Waals surface area (Å²) in [4.78, 5) is 24.3. The van der Waals surface area contributed by atoms with Crippen molar-refractivity contribution in [2.24, 2.45) is 0 Å². The van der Waals surface area contributed by atoms with Gasteiger partial charge in [-0.15, -0.1) is 0 Å². The maximum absolute atomic E-state index is 12.4. The van der Waals surface area contributed by atoms with E-state index in [2.05, 4.69) is 15.1 Å². The molecule has 25 heavy (non-hydrogen) atoms. The topological polar surface area (TPSA) is 95.6 Å². The van der Waals surface area contributed by atoms with E-state index in [0.29, 0.717) is 18.7 Å². The fourth-order valence-electron chi connectivity index (χ4n) is 3.22. The molecule has 1 fully saturated rings. The molecule has 134 valence electrons. The highest BCUT2D eigenvalue weighted by Gasteiger charge is 2.36. The zero-order chi connectivity index (χ0) is 18.0. The third-order valence-corrected chi connectivity index (χ3v) is 4.39. The molecule has 3 heterocycles. The SMILES string of the molecule is Cc1cc(N2CCCC(O)(CN(C)C(=O)c3cc(C)no3)C2)ncn1. The number of carbonyl (C=O) groups is 1. The van der Waals surface area contributed by atoms with Crippen molar-refractivity contribution >= 4 is 11.7 Å². The van der Waals surface area contributed by atoms with Gasteiger partial charge < -0.3 is 19.4 Å². The second-order valence-corrected chi connectivity index (χ2v) is 6.76. The van der Waals surface area contributed by atoms with Crippen molar-refractivity contribution in [3.8, 4) is 0 Å². The Labute approximate surface area is 146 Å². The molecule has 0 aliphatic carbocycles. The third-order valence-electron chi connectivity index (χ3n) is 4.39. The number of piperidine rings is 1. The molecule has 0 aromatic carbocycles. The summed E-state index contributed by atoms with van der Waals surface area (Å²) in [6.07, 6.45) is 2.98. The van der Waals surface area contributed by atoms with Crippen molar-refractivity contribution in [3.63, 3.8) is 0 Å². The van der Waals surface area contributed by atoms with E-state index in [-0.39, 0.29) is 18.2 Å². The molecule has 8 nitrogen and oxygen atoms in total. The molecule has 1 aliphatic rings. The lowest BCUT2D eigenvalue weighted by molar-refractivity contribution is -0.00107. The van der Waals surface area contributed by atoms with Gasteiger partial charge in [-0.2, -0.15) is 0 Å². The molecular weight excluding hydrogens is 322 g/mol. The number of β-amino-alcohol motifs (C(OH)–C–C–N with tert-alkyl or cyclic N) is 1. The molecular formula is C17H23N5O3. The average Bonchev–Trinajstić information content (AvgIpc) is 3.00. The number of anilines is 1. The molecule has 1 saturated heterocycles. The second kappa shape index (κ2) is 6.79. The quantitative estimate of drug-likeness (QED) is 0.889. The summed E-state index contributed by atoms with van der Waals surface area (Å²) in [5, 5.41) is 14.8. The van der Waals surface area contributed by atoms with Crippen LogP contribution in [-0.4, -0.2) is 63.3 Å². The third kappa shape index (κ3) is 3.96. The lowest BCUT2D eigenvalue weighted by atomic mass is 9.92. The van der Waals surface area contributed by atoms with E-state index in [1.54, 1.807) is 20.0 Å². The number of rotatable bonds is 4. The van der Waals surface area contributed by atoms with Crippen LogP contribution in [0.15, 0.2) is 23.0 Å². The summed E-state index contributed by atoms with van der Waals surface area (Å²) in [5.74, 6) is 0.692. The summed E-state index contributed by atoms with van der Waals surface area (Å²) in [7, 11) is 1.66. The van der Waals surface area contributed by atoms with Gasteiger partial charge in [-0.3, -0.25) is 4.79 Å². The first kappa shape index (κ1) is 17.3. The monoisotopic (exact) mass is 345 g/mol. The number of aromatic nitrogens is 3. The van der Waals surface area contributed by atoms with Crippen LogP contribution in [0.1, 0.15) is 34.8 Å². The number of aliphatic hydroxyl groups is 1. The van der Waals surface area contributed by atoms with Crippen LogP contribution in [0.25, 0.3) is 0 Å². The minimum atomic E-state index is -1.00. The predicted octanol–water partition coefficient (Wildman–Crippen LogP) is 1.18. The van der Waals surface area contributed by atoms with Gasteiger partial charge in [-0.1, -0.05) is 5.16 Å². The molecule has 2 aromatic rings. The minimum absolute atomic E-state index is 0.183. The van der Waals surface area contributed by atoms with E-state index < -0.39 is 5.60 Å². The van der Waals surface area contributed by atoms with Crippen molar-refractivity contribution in [2.75, 3.05) is 31.6 Å². The number of amides is 1. The van der Waals surface area contributed by atoms with Crippen molar-refractivity contribution in [1.29, 1.82) is 0 Å². The molecule has 1 aliphatic heterocycles. The van der Waals surface area contributed by atoms with Gasteiger partial charge in [0.25, 0.3) is 5.91 Å². The summed E-state index contributed by atoms with van der Waals surface area (Å²) in [6.45, 7) is 5.12. The zero-order valence-corrected chi connectivity index (χ0v) is 14.8. The standard InChI is InChI=1S/C17H23N5O3/c1-12-8-15(19-11-18-12)22-6-4-5-17(24,10-22)9-21(3)16(23)14-7-13(2)20-25-14/h7-8,11,24H,4-6,9-10H2,1-3H3. The Bertz CT molecular complexity index is 762. The summed E-state index contributed by atoms with van der Waals surface area (Å²) in [5.41, 5.74) is 0.530. The largest absolute Gasteiger partial charge is 0.386 e. The van der Waals surface area contributed by atoms with Gasteiger partial charge in [-0.25, -0.2) is 9.97 Å². The highest BCUT2D eigenvalue weighted by molar-refractivity contribution is 5.91. The van der Waals surface area contributed by atoms with Gasteiger partial charge in [-0.05, 0) is 26.7 Å². The van der Waals surface area contributed by atoms with Gasteiger partial charge >= 0.3 is 0 Å². The smallest absolute Gasteiger partial charge is 0.292 e. The molecule has 0 saturated carbocycles. The Morgan fingerprint density at radius 3 is 2.84 bits per heavy atom. The maximum Gasteiger partial charge on any atom is 0.292 e. The van der Waals surface area contributed by atoms with Crippen LogP contribution in [0.2, 0.25) is 0 Å². The van der Waals surface area contributed by atoms with Crippen LogP contribution < -0.4 is 4.90 Å². The van der Waals surface area contributed by atoms with E-state index >= 15 is 0 Å². The summed E-state index contributed by atoms with van der Waals surface area (Å²) < 4.78 is 5.02. The van der Waals surface area contributed by atoms with Gasteiger partial charge in [0.05, 0.1) is 17.8 Å². The van der Waals surface area contributed by atoms with E-state index in [9.17, 15) is 9.90 Å². The molecule has 0 radical (unpaired) electrons. The number of aryl methyl sites for hydroxylation is 2. The van der Waals surface area contributed by atoms with E-state index in [0.717, 1.165) is 24.5 Å². The molecule has 8 heteroatoms. The molecule has 1 atom stereocenters. The van der Waals surface area contributed by atoms with E-state index in [4.69, 9.17) is 4.52 Å². The van der Waals surface area contributed by atoms with Crippen LogP contribution in [-0.2, 0) is 0 Å². The van der Waals surface area contributed by atoms with Crippen molar-refractivity contribution < 1.29 is 14.4 Å². The lowest BCUT2D eigenvalue weighted by Gasteiger charge is -2.41. The summed E-state index contributed by atoms with van der Waals surface area (Å²) >= 11 is 0. The van der Waals surface area contributed by atoms with Crippen LogP contribution in [0.5, 0.6) is 0 Å². The first-order valence-electron chi connectivity index (χ1n) is 8.31. The van der Waals surface area contributed by atoms with Gasteiger partial charge in [0.1, 0.15) is 12.1 Å². The molecule has 0 bridgehead atoms. The van der Waals surface area contributed by atoms with Crippen LogP contribution in [0, 0.1) is 13.8 Å². The van der Waals surface area contributed by atoms with Crippen LogP contribution in [0.4, 0.5) is 5.82 Å². The van der Waals surface area contributed by atoms with E-state index in [1.165, 1.54) is 11.2 Å². The number of hydrogen-bond donors (Lipinski definition) is 1. The number of carbonyl (C=O) groups excluding carboxylic acids is 1. The Morgan fingerprint density at radius 2 is 2.16 bits per heavy atom. The minimum Gasteiger partial charge on any atom is -0.386 e. The molecule has 1 unspecified atom stereocenters. The fraction of sp³-hybridized carbons (Fsp3) is 0.529. The number of likely N-dealkylation sites (N-methyl/N-ethyl adjacent to an activating group) is 1. The Kier molecular flexibility index (Phi) is 4.71. The second-order valence-electron chi connectivity index (χ2n) is 6.76. The van der Waals surface area contributed by atoms with E-state index in [1.807, 2.05) is 17.9 Å². The summed E-state index contributed by atoms with van der Waals surface area (Å²) in [6, 6.07) is 3.50. The van der Waals surface area contributed by atoms with Gasteiger partial charge in [0.2, 0.25) is 5.76 Å². The highest BCUT2D eigenvalue weighted by Crippen LogP contribution is 2.26. The highest BCUT2D eigenvalue weighted by atomic mass is 16.5. The maximum atomic E-state index is 12.4. The molecule has 1 N–H and O–H groups in total. The molecule has 2 aromatic heterocycles. The lowest BCUT2D eigenvalue weighted by Crippen LogP contribution is -2.54. The fourth-order valence-corrected chi connectivity index (χ4v) is 3.22. The number of nitrogens with zero attached hydrogens (tertiary/aromatic N) is 5.